The molecule has 6 heteroatoms. The van der Waals surface area contributed by atoms with Gasteiger partial charge in [-0.15, -0.1) is 0 Å². The van der Waals surface area contributed by atoms with E-state index in [1.807, 2.05) is 0 Å². The molecule has 0 aliphatic heterocycles. The lowest BCUT2D eigenvalue weighted by Gasteiger charge is -2.64. The minimum Gasteiger partial charge on any atom is -1.00 e. The molecule has 0 aromatic carbocycles. The highest BCUT2D eigenvalue weighted by atomic mass is 35.5. The maximum absolute atomic E-state index is 11.2. The molecular weight excluding hydrogens is 287 g/mol. The number of carboxylic acids is 1. The molecule has 4 saturated carbocycles. The SMILES string of the molecule is CC12CC3([NH3+])CC([NH3+])(C1)CC(CC(=O)O)(C2)C3.[Cl-].[Cl-]. The highest BCUT2D eigenvalue weighted by Gasteiger charge is 2.68. The number of quaternary nitrogens is 2. The number of halogens is 2. The van der Waals surface area contributed by atoms with Crippen molar-refractivity contribution in [2.75, 3.05) is 0 Å². The molecule has 0 saturated heterocycles. The van der Waals surface area contributed by atoms with E-state index in [1.54, 1.807) is 0 Å². The van der Waals surface area contributed by atoms with Gasteiger partial charge in [0.15, 0.2) is 0 Å². The quantitative estimate of drug-likeness (QED) is 0.473. The zero-order chi connectivity index (χ0) is 12.5. The lowest BCUT2D eigenvalue weighted by molar-refractivity contribution is -0.581. The largest absolute Gasteiger partial charge is 1.00 e. The van der Waals surface area contributed by atoms with Crippen LogP contribution in [0.25, 0.3) is 0 Å². The van der Waals surface area contributed by atoms with Crippen molar-refractivity contribution in [2.24, 2.45) is 10.8 Å². The summed E-state index contributed by atoms with van der Waals surface area (Å²) in [5, 5.41) is 9.18. The zero-order valence-electron chi connectivity index (χ0n) is 11.5. The van der Waals surface area contributed by atoms with Gasteiger partial charge in [0.1, 0.15) is 11.1 Å². The molecule has 0 aromatic rings. The topological polar surface area (TPSA) is 92.6 Å². The summed E-state index contributed by atoms with van der Waals surface area (Å²) >= 11 is 0. The molecule has 4 nitrogen and oxygen atoms in total. The van der Waals surface area contributed by atoms with Gasteiger partial charge in [-0.1, -0.05) is 6.92 Å². The van der Waals surface area contributed by atoms with E-state index >= 15 is 0 Å². The Kier molecular flexibility index (Phi) is 4.02. The molecule has 4 bridgehead atoms. The van der Waals surface area contributed by atoms with Crippen LogP contribution in [0.4, 0.5) is 0 Å². The summed E-state index contributed by atoms with van der Waals surface area (Å²) in [6, 6.07) is 0. The van der Waals surface area contributed by atoms with Crippen LogP contribution in [0.2, 0.25) is 0 Å². The van der Waals surface area contributed by atoms with Gasteiger partial charge in [-0.25, -0.2) is 0 Å². The average molecular weight is 311 g/mol. The fraction of sp³-hybridized carbons (Fsp3) is 0.923. The van der Waals surface area contributed by atoms with E-state index in [0.29, 0.717) is 6.42 Å². The number of hydrogen-bond acceptors (Lipinski definition) is 1. The molecule has 7 N–H and O–H groups in total. The highest BCUT2D eigenvalue weighted by molar-refractivity contribution is 5.68. The van der Waals surface area contributed by atoms with Gasteiger partial charge in [-0.2, -0.15) is 0 Å². The Morgan fingerprint density at radius 3 is 1.84 bits per heavy atom. The van der Waals surface area contributed by atoms with E-state index in [0.717, 1.165) is 25.7 Å². The molecular formula is C13H24Cl2N2O2. The van der Waals surface area contributed by atoms with Crippen molar-refractivity contribution in [1.29, 1.82) is 0 Å². The summed E-state index contributed by atoms with van der Waals surface area (Å²) in [6.45, 7) is 2.32. The predicted molar refractivity (Wildman–Crippen MR) is 61.7 cm³/mol. The monoisotopic (exact) mass is 310 g/mol. The van der Waals surface area contributed by atoms with Crippen LogP contribution < -0.4 is 36.3 Å². The van der Waals surface area contributed by atoms with Crippen molar-refractivity contribution in [3.8, 4) is 0 Å². The van der Waals surface area contributed by atoms with Crippen molar-refractivity contribution >= 4 is 5.97 Å². The fourth-order valence-corrected chi connectivity index (χ4v) is 6.36. The van der Waals surface area contributed by atoms with Gasteiger partial charge in [0, 0.05) is 25.7 Å². The van der Waals surface area contributed by atoms with Crippen molar-refractivity contribution in [2.45, 2.75) is 62.9 Å². The third-order valence-electron chi connectivity index (χ3n) is 5.18. The molecule has 19 heavy (non-hydrogen) atoms. The maximum atomic E-state index is 11.2. The Balaban J connectivity index is 0.000000902. The summed E-state index contributed by atoms with van der Waals surface area (Å²) in [6.07, 6.45) is 6.81. The van der Waals surface area contributed by atoms with Gasteiger partial charge in [0.2, 0.25) is 0 Å². The van der Waals surface area contributed by atoms with Gasteiger partial charge in [-0.05, 0) is 17.3 Å². The molecule has 0 amide bonds. The van der Waals surface area contributed by atoms with Crippen LogP contribution >= 0.6 is 0 Å². The number of carbonyl (C=O) groups is 1. The van der Waals surface area contributed by atoms with Gasteiger partial charge in [-0.3, -0.25) is 4.79 Å². The summed E-state index contributed by atoms with van der Waals surface area (Å²) in [7, 11) is 0. The summed E-state index contributed by atoms with van der Waals surface area (Å²) in [5.74, 6) is -0.650. The van der Waals surface area contributed by atoms with Crippen molar-refractivity contribution in [3.05, 3.63) is 0 Å². The van der Waals surface area contributed by atoms with E-state index in [9.17, 15) is 9.90 Å². The van der Waals surface area contributed by atoms with Gasteiger partial charge < -0.3 is 41.4 Å². The van der Waals surface area contributed by atoms with Crippen molar-refractivity contribution in [3.63, 3.8) is 0 Å². The second-order valence-corrected chi connectivity index (χ2v) is 7.94. The summed E-state index contributed by atoms with van der Waals surface area (Å²) < 4.78 is 0. The summed E-state index contributed by atoms with van der Waals surface area (Å²) in [4.78, 5) is 11.2. The summed E-state index contributed by atoms with van der Waals surface area (Å²) in [5.41, 5.74) is 9.35. The van der Waals surface area contributed by atoms with Gasteiger partial charge >= 0.3 is 5.97 Å². The first-order valence-corrected chi connectivity index (χ1v) is 6.58. The molecule has 0 spiro atoms. The van der Waals surface area contributed by atoms with Gasteiger partial charge in [0.25, 0.3) is 0 Å². The highest BCUT2D eigenvalue weighted by Crippen LogP contribution is 2.66. The minimum absolute atomic E-state index is 0. The van der Waals surface area contributed by atoms with Crippen LogP contribution in [0.1, 0.15) is 51.9 Å². The van der Waals surface area contributed by atoms with Crippen LogP contribution in [0.5, 0.6) is 0 Å². The standard InChI is InChI=1S/C13H22N2O2.2ClH/c1-10-3-11(2-9(16)17)6-12(14,4-10)8-13(15,5-10)7-11;;/h2-8,14-15H2,1H3,(H,16,17);2*1H. The molecule has 4 aliphatic carbocycles. The zero-order valence-corrected chi connectivity index (χ0v) is 13.0. The third-order valence-corrected chi connectivity index (χ3v) is 5.18. The smallest absolute Gasteiger partial charge is 0.303 e. The van der Waals surface area contributed by atoms with E-state index in [2.05, 4.69) is 18.4 Å². The number of rotatable bonds is 2. The Bertz CT molecular complexity index is 349. The molecule has 2 atom stereocenters. The molecule has 4 rings (SSSR count). The van der Waals surface area contributed by atoms with Crippen LogP contribution in [-0.4, -0.2) is 22.2 Å². The first kappa shape index (κ1) is 17.0. The Morgan fingerprint density at radius 2 is 1.47 bits per heavy atom. The lowest BCUT2D eigenvalue weighted by atomic mass is 9.40. The third kappa shape index (κ3) is 2.73. The molecule has 0 heterocycles. The van der Waals surface area contributed by atoms with Crippen LogP contribution in [0.3, 0.4) is 0 Å². The van der Waals surface area contributed by atoms with Crippen LogP contribution in [0, 0.1) is 10.8 Å². The van der Waals surface area contributed by atoms with E-state index in [4.69, 9.17) is 0 Å². The molecule has 4 aliphatic rings. The Labute approximate surface area is 126 Å². The van der Waals surface area contributed by atoms with Gasteiger partial charge in [0.05, 0.1) is 12.8 Å². The number of hydrogen-bond donors (Lipinski definition) is 3. The van der Waals surface area contributed by atoms with Crippen molar-refractivity contribution in [1.82, 2.24) is 0 Å². The number of carboxylic acid groups (broad SMARTS) is 1. The van der Waals surface area contributed by atoms with E-state index < -0.39 is 5.97 Å². The molecule has 2 unspecified atom stereocenters. The lowest BCUT2D eigenvalue weighted by Crippen LogP contribution is -3.00. The first-order chi connectivity index (χ1) is 7.66. The molecule has 0 aromatic heterocycles. The predicted octanol–water partition coefficient (Wildman–Crippen LogP) is -6.20. The second-order valence-electron chi connectivity index (χ2n) is 7.94. The van der Waals surface area contributed by atoms with Crippen LogP contribution in [0.15, 0.2) is 0 Å². The maximum Gasteiger partial charge on any atom is 0.303 e. The number of aliphatic carboxylic acids is 1. The molecule has 0 radical (unpaired) electrons. The second kappa shape index (κ2) is 4.48. The molecule has 4 fully saturated rings. The minimum atomic E-state index is -0.650. The first-order valence-electron chi connectivity index (χ1n) is 6.58. The molecule has 112 valence electrons. The van der Waals surface area contributed by atoms with E-state index in [-0.39, 0.29) is 46.7 Å². The Morgan fingerprint density at radius 1 is 1.00 bits per heavy atom. The fourth-order valence-electron chi connectivity index (χ4n) is 6.36. The Hall–Kier alpha value is -0.0300. The van der Waals surface area contributed by atoms with Crippen LogP contribution in [-0.2, 0) is 4.79 Å². The van der Waals surface area contributed by atoms with Crippen molar-refractivity contribution < 1.29 is 46.2 Å². The van der Waals surface area contributed by atoms with E-state index in [1.165, 1.54) is 12.8 Å². The average Bonchev–Trinajstić information content (AvgIpc) is 1.87. The normalized spacial score (nSPS) is 50.3.